The van der Waals surface area contributed by atoms with Crippen LogP contribution in [0.4, 0.5) is 16.2 Å². The molecule has 1 unspecified atom stereocenters. The van der Waals surface area contributed by atoms with Gasteiger partial charge in [0.05, 0.1) is 6.54 Å². The SMILES string of the molecule is CC1CC(=O)N(Cc2ccccc2)c2ccc(NC(=O)NC(C)(C)C)cc21. The Kier molecular flexibility index (Phi) is 5.22. The number of nitrogens with one attached hydrogen (secondary N) is 2. The summed E-state index contributed by atoms with van der Waals surface area (Å²) in [7, 11) is 0. The van der Waals surface area contributed by atoms with Gasteiger partial charge in [0.2, 0.25) is 5.91 Å². The van der Waals surface area contributed by atoms with Crippen molar-refractivity contribution in [3.05, 3.63) is 59.7 Å². The number of hydrogen-bond donors (Lipinski definition) is 2. The number of benzene rings is 2. The predicted molar refractivity (Wildman–Crippen MR) is 109 cm³/mol. The molecule has 3 rings (SSSR count). The minimum Gasteiger partial charge on any atom is -0.333 e. The smallest absolute Gasteiger partial charge is 0.319 e. The van der Waals surface area contributed by atoms with Crippen LogP contribution in [0.1, 0.15) is 51.2 Å². The molecule has 142 valence electrons. The molecular formula is C22H27N3O2. The molecule has 1 atom stereocenters. The molecule has 1 aliphatic rings. The summed E-state index contributed by atoms with van der Waals surface area (Å²) in [5.74, 6) is 0.247. The molecule has 5 nitrogen and oxygen atoms in total. The second kappa shape index (κ2) is 7.43. The van der Waals surface area contributed by atoms with Gasteiger partial charge < -0.3 is 15.5 Å². The number of urea groups is 1. The quantitative estimate of drug-likeness (QED) is 0.832. The Hall–Kier alpha value is -2.82. The molecule has 0 aliphatic carbocycles. The van der Waals surface area contributed by atoms with Gasteiger partial charge in [0.15, 0.2) is 0 Å². The fourth-order valence-corrected chi connectivity index (χ4v) is 3.33. The lowest BCUT2D eigenvalue weighted by molar-refractivity contribution is -0.119. The molecule has 0 aromatic heterocycles. The molecular weight excluding hydrogens is 338 g/mol. The van der Waals surface area contributed by atoms with Crippen molar-refractivity contribution in [2.24, 2.45) is 0 Å². The van der Waals surface area contributed by atoms with E-state index in [1.54, 1.807) is 0 Å². The van der Waals surface area contributed by atoms with Gasteiger partial charge in [0, 0.05) is 23.3 Å². The molecule has 0 fully saturated rings. The van der Waals surface area contributed by atoms with E-state index in [-0.39, 0.29) is 23.4 Å². The summed E-state index contributed by atoms with van der Waals surface area (Å²) >= 11 is 0. The minimum absolute atomic E-state index is 0.118. The van der Waals surface area contributed by atoms with Crippen LogP contribution in [-0.2, 0) is 11.3 Å². The van der Waals surface area contributed by atoms with E-state index in [2.05, 4.69) is 17.6 Å². The monoisotopic (exact) mass is 365 g/mol. The Labute approximate surface area is 160 Å². The number of fused-ring (bicyclic) bond motifs is 1. The van der Waals surface area contributed by atoms with Crippen molar-refractivity contribution in [1.82, 2.24) is 5.32 Å². The van der Waals surface area contributed by atoms with Crippen molar-refractivity contribution >= 4 is 23.3 Å². The maximum Gasteiger partial charge on any atom is 0.319 e. The van der Waals surface area contributed by atoms with Gasteiger partial charge in [0.25, 0.3) is 0 Å². The molecule has 0 saturated carbocycles. The second-order valence-electron chi connectivity index (χ2n) is 8.17. The molecule has 0 bridgehead atoms. The van der Waals surface area contributed by atoms with E-state index in [0.717, 1.165) is 22.5 Å². The minimum atomic E-state index is -0.301. The van der Waals surface area contributed by atoms with Crippen LogP contribution in [0.15, 0.2) is 48.5 Å². The van der Waals surface area contributed by atoms with Gasteiger partial charge in [-0.2, -0.15) is 0 Å². The Morgan fingerprint density at radius 3 is 2.52 bits per heavy atom. The molecule has 27 heavy (non-hydrogen) atoms. The van der Waals surface area contributed by atoms with E-state index in [4.69, 9.17) is 0 Å². The first-order chi connectivity index (χ1) is 12.7. The van der Waals surface area contributed by atoms with E-state index in [9.17, 15) is 9.59 Å². The standard InChI is InChI=1S/C22H27N3O2/c1-15-12-20(26)25(14-16-8-6-5-7-9-16)19-11-10-17(13-18(15)19)23-21(27)24-22(2,3)4/h5-11,13,15H,12,14H2,1-4H3,(H2,23,24,27). The molecule has 5 heteroatoms. The molecule has 0 saturated heterocycles. The second-order valence-corrected chi connectivity index (χ2v) is 8.17. The van der Waals surface area contributed by atoms with Crippen molar-refractivity contribution in [3.63, 3.8) is 0 Å². The number of carbonyl (C=O) groups excluding carboxylic acids is 2. The first kappa shape index (κ1) is 19.0. The molecule has 1 aliphatic heterocycles. The van der Waals surface area contributed by atoms with Gasteiger partial charge >= 0.3 is 6.03 Å². The molecule has 0 radical (unpaired) electrons. The number of hydrogen-bond acceptors (Lipinski definition) is 2. The van der Waals surface area contributed by atoms with E-state index in [1.807, 2.05) is 74.2 Å². The fourth-order valence-electron chi connectivity index (χ4n) is 3.33. The van der Waals surface area contributed by atoms with Gasteiger partial charge in [-0.15, -0.1) is 0 Å². The third-order valence-corrected chi connectivity index (χ3v) is 4.56. The van der Waals surface area contributed by atoms with Crippen molar-refractivity contribution in [1.29, 1.82) is 0 Å². The summed E-state index contributed by atoms with van der Waals surface area (Å²) in [5, 5.41) is 5.78. The summed E-state index contributed by atoms with van der Waals surface area (Å²) in [6.45, 7) is 8.42. The van der Waals surface area contributed by atoms with Crippen LogP contribution < -0.4 is 15.5 Å². The molecule has 2 aromatic carbocycles. The zero-order valence-electron chi connectivity index (χ0n) is 16.4. The Morgan fingerprint density at radius 1 is 1.15 bits per heavy atom. The summed E-state index contributed by atoms with van der Waals surface area (Å²) in [5.41, 5.74) is 3.53. The van der Waals surface area contributed by atoms with E-state index < -0.39 is 0 Å². The van der Waals surface area contributed by atoms with Crippen LogP contribution in [0.3, 0.4) is 0 Å². The lowest BCUT2D eigenvalue weighted by atomic mass is 9.90. The van der Waals surface area contributed by atoms with Crippen LogP contribution in [-0.4, -0.2) is 17.5 Å². The van der Waals surface area contributed by atoms with Gasteiger partial charge in [-0.3, -0.25) is 4.79 Å². The van der Waals surface area contributed by atoms with Gasteiger partial charge in [0.1, 0.15) is 0 Å². The lowest BCUT2D eigenvalue weighted by Gasteiger charge is -2.33. The number of anilines is 2. The first-order valence-corrected chi connectivity index (χ1v) is 9.30. The number of amides is 3. The summed E-state index contributed by atoms with van der Waals surface area (Å²) in [6, 6.07) is 15.5. The van der Waals surface area contributed by atoms with Crippen molar-refractivity contribution in [2.75, 3.05) is 10.2 Å². The number of carbonyl (C=O) groups is 2. The lowest BCUT2D eigenvalue weighted by Crippen LogP contribution is -2.43. The molecule has 2 aromatic rings. The largest absolute Gasteiger partial charge is 0.333 e. The van der Waals surface area contributed by atoms with Crippen LogP contribution in [0, 0.1) is 0 Å². The third-order valence-electron chi connectivity index (χ3n) is 4.56. The highest BCUT2D eigenvalue weighted by molar-refractivity contribution is 5.98. The molecule has 1 heterocycles. The van der Waals surface area contributed by atoms with Crippen molar-refractivity contribution in [3.8, 4) is 0 Å². The first-order valence-electron chi connectivity index (χ1n) is 9.30. The third kappa shape index (κ3) is 4.67. The molecule has 2 N–H and O–H groups in total. The molecule has 3 amide bonds. The van der Waals surface area contributed by atoms with E-state index >= 15 is 0 Å². The normalized spacial score (nSPS) is 16.7. The van der Waals surface area contributed by atoms with E-state index in [0.29, 0.717) is 13.0 Å². The van der Waals surface area contributed by atoms with Gasteiger partial charge in [-0.1, -0.05) is 37.3 Å². The summed E-state index contributed by atoms with van der Waals surface area (Å²) in [4.78, 5) is 26.6. The van der Waals surface area contributed by atoms with Crippen LogP contribution in [0.2, 0.25) is 0 Å². The topological polar surface area (TPSA) is 61.4 Å². The highest BCUT2D eigenvalue weighted by atomic mass is 16.2. The van der Waals surface area contributed by atoms with Crippen LogP contribution in [0.5, 0.6) is 0 Å². The van der Waals surface area contributed by atoms with Gasteiger partial charge in [-0.05, 0) is 56.0 Å². The van der Waals surface area contributed by atoms with Crippen molar-refractivity contribution in [2.45, 2.75) is 52.1 Å². The van der Waals surface area contributed by atoms with Crippen molar-refractivity contribution < 1.29 is 9.59 Å². The highest BCUT2D eigenvalue weighted by Crippen LogP contribution is 2.38. The van der Waals surface area contributed by atoms with Crippen LogP contribution in [0.25, 0.3) is 0 Å². The Balaban J connectivity index is 1.84. The predicted octanol–water partition coefficient (Wildman–Crippen LogP) is 4.65. The summed E-state index contributed by atoms with van der Waals surface area (Å²) < 4.78 is 0. The molecule has 0 spiro atoms. The average Bonchev–Trinajstić information content (AvgIpc) is 2.58. The Morgan fingerprint density at radius 2 is 1.85 bits per heavy atom. The maximum absolute atomic E-state index is 12.6. The number of nitrogens with zero attached hydrogens (tertiary/aromatic N) is 1. The Bertz CT molecular complexity index is 840. The van der Waals surface area contributed by atoms with E-state index in [1.165, 1.54) is 0 Å². The zero-order valence-corrected chi connectivity index (χ0v) is 16.4. The maximum atomic E-state index is 12.6. The van der Waals surface area contributed by atoms with Gasteiger partial charge in [-0.25, -0.2) is 4.79 Å². The zero-order chi connectivity index (χ0) is 19.6. The number of rotatable bonds is 3. The van der Waals surface area contributed by atoms with Crippen LogP contribution >= 0.6 is 0 Å². The average molecular weight is 365 g/mol. The fraction of sp³-hybridized carbons (Fsp3) is 0.364. The highest BCUT2D eigenvalue weighted by Gasteiger charge is 2.29. The summed E-state index contributed by atoms with van der Waals surface area (Å²) in [6.07, 6.45) is 0.470.